The number of nitrogens with zero attached hydrogens (tertiary/aromatic N) is 2. The average molecular weight is 434 g/mol. The average Bonchev–Trinajstić information content (AvgIpc) is 3.09. The maximum absolute atomic E-state index is 12.8. The number of pyridine rings is 1. The van der Waals surface area contributed by atoms with Crippen molar-refractivity contribution in [1.82, 2.24) is 10.1 Å². The minimum absolute atomic E-state index is 0.258. The molecule has 2 aromatic heterocycles. The summed E-state index contributed by atoms with van der Waals surface area (Å²) in [7, 11) is 0. The molecule has 0 saturated heterocycles. The molecule has 0 aliphatic rings. The van der Waals surface area contributed by atoms with Crippen LogP contribution in [0.3, 0.4) is 0 Å². The van der Waals surface area contributed by atoms with Crippen LogP contribution in [0.1, 0.15) is 21.8 Å². The highest BCUT2D eigenvalue weighted by molar-refractivity contribution is 8.00. The monoisotopic (exact) mass is 433 g/mol. The topological polar surface area (TPSA) is 68.0 Å². The number of carbonyl (C=O) groups is 1. The highest BCUT2D eigenvalue weighted by Gasteiger charge is 2.19. The van der Waals surface area contributed by atoms with Gasteiger partial charge >= 0.3 is 0 Å². The van der Waals surface area contributed by atoms with Gasteiger partial charge in [-0.3, -0.25) is 4.79 Å². The molecule has 0 fully saturated rings. The zero-order valence-electron chi connectivity index (χ0n) is 16.5. The quantitative estimate of drug-likeness (QED) is 0.388. The predicted octanol–water partition coefficient (Wildman–Crippen LogP) is 6.24. The van der Waals surface area contributed by atoms with E-state index in [4.69, 9.17) is 9.51 Å². The first-order valence-electron chi connectivity index (χ1n) is 9.31. The molecule has 2 heterocycles. The van der Waals surface area contributed by atoms with Crippen molar-refractivity contribution in [2.45, 2.75) is 33.7 Å². The largest absolute Gasteiger partial charge is 0.361 e. The lowest BCUT2D eigenvalue weighted by atomic mass is 10.2. The summed E-state index contributed by atoms with van der Waals surface area (Å²) < 4.78 is 5.13. The molecular weight excluding hydrogens is 414 g/mol. The standard InChI is InChI=1S/C23H19N3O2S2/c1-15-21(16(2)28-26-15)22(27)24-19-13-14-20(29-17-9-5-3-6-10-17)25-23(19)30-18-11-7-4-8-12-18/h3-14H,1-2H3,(H,24,27). The highest BCUT2D eigenvalue weighted by atomic mass is 32.2. The molecule has 1 amide bonds. The Balaban J connectivity index is 1.65. The first-order valence-corrected chi connectivity index (χ1v) is 10.9. The summed E-state index contributed by atoms with van der Waals surface area (Å²) in [6, 6.07) is 23.8. The molecule has 4 aromatic rings. The number of nitrogens with one attached hydrogen (secondary N) is 1. The van der Waals surface area contributed by atoms with Gasteiger partial charge in [0.1, 0.15) is 21.4 Å². The summed E-state index contributed by atoms with van der Waals surface area (Å²) in [5, 5.41) is 8.43. The van der Waals surface area contributed by atoms with E-state index in [9.17, 15) is 4.79 Å². The summed E-state index contributed by atoms with van der Waals surface area (Å²) in [5.41, 5.74) is 1.66. The predicted molar refractivity (Wildman–Crippen MR) is 119 cm³/mol. The van der Waals surface area contributed by atoms with Crippen LogP contribution in [-0.2, 0) is 0 Å². The molecule has 0 bridgehead atoms. The Kier molecular flexibility index (Phi) is 6.21. The number of amides is 1. The molecule has 0 radical (unpaired) electrons. The van der Waals surface area contributed by atoms with E-state index in [1.807, 2.05) is 72.8 Å². The summed E-state index contributed by atoms with van der Waals surface area (Å²) in [6.45, 7) is 3.48. The van der Waals surface area contributed by atoms with Crippen molar-refractivity contribution in [3.05, 3.63) is 89.8 Å². The van der Waals surface area contributed by atoms with Gasteiger partial charge in [-0.05, 0) is 50.2 Å². The zero-order chi connectivity index (χ0) is 20.9. The third-order valence-corrected chi connectivity index (χ3v) is 6.22. The molecule has 5 nitrogen and oxygen atoms in total. The Morgan fingerprint density at radius 1 is 0.867 bits per heavy atom. The highest BCUT2D eigenvalue weighted by Crippen LogP contribution is 2.35. The van der Waals surface area contributed by atoms with E-state index in [0.717, 1.165) is 19.8 Å². The van der Waals surface area contributed by atoms with Crippen molar-refractivity contribution < 1.29 is 9.32 Å². The Morgan fingerprint density at radius 2 is 1.50 bits per heavy atom. The number of hydrogen-bond donors (Lipinski definition) is 1. The van der Waals surface area contributed by atoms with E-state index < -0.39 is 0 Å². The lowest BCUT2D eigenvalue weighted by molar-refractivity contribution is 0.102. The third-order valence-electron chi connectivity index (χ3n) is 4.27. The van der Waals surface area contributed by atoms with E-state index in [1.165, 1.54) is 11.8 Å². The van der Waals surface area contributed by atoms with Crippen LogP contribution in [0.15, 0.2) is 97.2 Å². The fourth-order valence-electron chi connectivity index (χ4n) is 2.85. The molecule has 0 aliphatic heterocycles. The third kappa shape index (κ3) is 4.75. The van der Waals surface area contributed by atoms with E-state index in [-0.39, 0.29) is 5.91 Å². The Hall–Kier alpha value is -3.03. The molecule has 150 valence electrons. The van der Waals surface area contributed by atoms with Crippen molar-refractivity contribution in [3.8, 4) is 0 Å². The second kappa shape index (κ2) is 9.19. The first-order chi connectivity index (χ1) is 14.6. The molecule has 7 heteroatoms. The minimum Gasteiger partial charge on any atom is -0.361 e. The molecule has 0 unspecified atom stereocenters. The molecule has 30 heavy (non-hydrogen) atoms. The van der Waals surface area contributed by atoms with Gasteiger partial charge in [-0.1, -0.05) is 65.1 Å². The fourth-order valence-corrected chi connectivity index (χ4v) is 4.61. The van der Waals surface area contributed by atoms with E-state index in [0.29, 0.717) is 22.7 Å². The van der Waals surface area contributed by atoms with Crippen LogP contribution in [0.25, 0.3) is 0 Å². The Bertz CT molecular complexity index is 1140. The molecule has 0 atom stereocenters. The van der Waals surface area contributed by atoms with Crippen molar-refractivity contribution in [2.24, 2.45) is 0 Å². The zero-order valence-corrected chi connectivity index (χ0v) is 18.1. The van der Waals surface area contributed by atoms with E-state index >= 15 is 0 Å². The molecule has 0 aliphatic carbocycles. The lowest BCUT2D eigenvalue weighted by Crippen LogP contribution is -2.14. The smallest absolute Gasteiger partial charge is 0.261 e. The second-order valence-corrected chi connectivity index (χ2v) is 8.64. The van der Waals surface area contributed by atoms with Crippen molar-refractivity contribution >= 4 is 35.1 Å². The molecule has 1 N–H and O–H groups in total. The van der Waals surface area contributed by atoms with Crippen molar-refractivity contribution in [1.29, 1.82) is 0 Å². The number of benzene rings is 2. The molecule has 2 aromatic carbocycles. The van der Waals surface area contributed by atoms with E-state index in [2.05, 4.69) is 10.5 Å². The second-order valence-electron chi connectivity index (χ2n) is 6.49. The Morgan fingerprint density at radius 3 is 2.10 bits per heavy atom. The number of carbonyl (C=O) groups excluding carboxylic acids is 1. The van der Waals surface area contributed by atoms with Crippen LogP contribution >= 0.6 is 23.5 Å². The van der Waals surface area contributed by atoms with Gasteiger partial charge in [-0.25, -0.2) is 4.98 Å². The van der Waals surface area contributed by atoms with Gasteiger partial charge in [-0.15, -0.1) is 0 Å². The fraction of sp³-hybridized carbons (Fsp3) is 0.0870. The summed E-state index contributed by atoms with van der Waals surface area (Å²) in [4.78, 5) is 19.8. The summed E-state index contributed by atoms with van der Waals surface area (Å²) >= 11 is 3.09. The molecule has 4 rings (SSSR count). The van der Waals surface area contributed by atoms with Crippen molar-refractivity contribution in [3.63, 3.8) is 0 Å². The van der Waals surface area contributed by atoms with Crippen LogP contribution in [0.5, 0.6) is 0 Å². The first kappa shape index (κ1) is 20.3. The maximum Gasteiger partial charge on any atom is 0.261 e. The summed E-state index contributed by atoms with van der Waals surface area (Å²) in [6.07, 6.45) is 0. The lowest BCUT2D eigenvalue weighted by Gasteiger charge is -2.12. The number of aryl methyl sites for hydroxylation is 2. The Labute approximate surface area is 183 Å². The number of aromatic nitrogens is 2. The molecular formula is C23H19N3O2S2. The van der Waals surface area contributed by atoms with Crippen LogP contribution in [0, 0.1) is 13.8 Å². The molecule has 0 spiro atoms. The maximum atomic E-state index is 12.8. The SMILES string of the molecule is Cc1noc(C)c1C(=O)Nc1ccc(Sc2ccccc2)nc1Sc1ccccc1. The van der Waals surface area contributed by atoms with E-state index in [1.54, 1.807) is 25.6 Å². The van der Waals surface area contributed by atoms with Crippen LogP contribution in [-0.4, -0.2) is 16.0 Å². The van der Waals surface area contributed by atoms with Crippen molar-refractivity contribution in [2.75, 3.05) is 5.32 Å². The van der Waals surface area contributed by atoms with Crippen LogP contribution < -0.4 is 5.32 Å². The number of hydrogen-bond acceptors (Lipinski definition) is 6. The van der Waals surface area contributed by atoms with Gasteiger partial charge < -0.3 is 9.84 Å². The van der Waals surface area contributed by atoms with Crippen LogP contribution in [0.4, 0.5) is 5.69 Å². The van der Waals surface area contributed by atoms with Gasteiger partial charge in [0.05, 0.1) is 11.4 Å². The van der Waals surface area contributed by atoms with Gasteiger partial charge in [0.2, 0.25) is 0 Å². The van der Waals surface area contributed by atoms with Gasteiger partial charge in [0.25, 0.3) is 5.91 Å². The van der Waals surface area contributed by atoms with Crippen LogP contribution in [0.2, 0.25) is 0 Å². The summed E-state index contributed by atoms with van der Waals surface area (Å²) in [5.74, 6) is 0.234. The number of anilines is 1. The van der Waals surface area contributed by atoms with Gasteiger partial charge in [-0.2, -0.15) is 0 Å². The number of rotatable bonds is 6. The minimum atomic E-state index is -0.258. The van der Waals surface area contributed by atoms with Gasteiger partial charge in [0, 0.05) is 9.79 Å². The molecule has 0 saturated carbocycles. The normalized spacial score (nSPS) is 10.7. The van der Waals surface area contributed by atoms with Gasteiger partial charge in [0.15, 0.2) is 0 Å².